The summed E-state index contributed by atoms with van der Waals surface area (Å²) in [5, 5.41) is 0. The monoisotopic (exact) mass is 246 g/mol. The summed E-state index contributed by atoms with van der Waals surface area (Å²) in [6.07, 6.45) is 2.54. The van der Waals surface area contributed by atoms with Crippen molar-refractivity contribution in [3.8, 4) is 0 Å². The van der Waals surface area contributed by atoms with Crippen LogP contribution in [0.2, 0.25) is 0 Å². The third kappa shape index (κ3) is 3.10. The Labute approximate surface area is 109 Å². The van der Waals surface area contributed by atoms with Gasteiger partial charge in [0.1, 0.15) is 0 Å². The minimum absolute atomic E-state index is 0.172. The first-order valence-electron chi connectivity index (χ1n) is 6.79. The molecule has 1 saturated heterocycles. The van der Waals surface area contributed by atoms with Gasteiger partial charge in [0.05, 0.1) is 0 Å². The molecule has 3 nitrogen and oxygen atoms in total. The van der Waals surface area contributed by atoms with Gasteiger partial charge in [0.25, 0.3) is 0 Å². The number of carbonyl (C=O) groups is 1. The van der Waals surface area contributed by atoms with E-state index >= 15 is 0 Å². The van der Waals surface area contributed by atoms with Crippen molar-refractivity contribution in [2.45, 2.75) is 38.1 Å². The average molecular weight is 246 g/mol. The van der Waals surface area contributed by atoms with Crippen molar-refractivity contribution in [2.75, 3.05) is 13.1 Å². The molecular formula is C15H22N2O. The van der Waals surface area contributed by atoms with Crippen molar-refractivity contribution in [2.24, 2.45) is 5.73 Å². The van der Waals surface area contributed by atoms with Gasteiger partial charge >= 0.3 is 0 Å². The topological polar surface area (TPSA) is 46.3 Å². The normalized spacial score (nSPS) is 21.0. The zero-order valence-electron chi connectivity index (χ0n) is 11.0. The van der Waals surface area contributed by atoms with E-state index in [4.69, 9.17) is 5.73 Å². The molecule has 0 aromatic heterocycles. The second-order valence-electron chi connectivity index (χ2n) is 5.11. The lowest BCUT2D eigenvalue weighted by molar-refractivity contribution is -0.130. The molecule has 1 aromatic carbocycles. The van der Waals surface area contributed by atoms with Crippen LogP contribution < -0.4 is 5.73 Å². The van der Waals surface area contributed by atoms with Crippen LogP contribution in [0.4, 0.5) is 0 Å². The molecule has 1 aliphatic rings. The molecule has 1 heterocycles. The molecule has 3 heteroatoms. The van der Waals surface area contributed by atoms with Gasteiger partial charge < -0.3 is 10.6 Å². The first-order chi connectivity index (χ1) is 8.70. The summed E-state index contributed by atoms with van der Waals surface area (Å²) in [6, 6.07) is 10.5. The molecule has 0 spiro atoms. The van der Waals surface area contributed by atoms with Crippen molar-refractivity contribution in [3.63, 3.8) is 0 Å². The summed E-state index contributed by atoms with van der Waals surface area (Å²) in [5.41, 5.74) is 7.10. The van der Waals surface area contributed by atoms with Gasteiger partial charge in [-0.2, -0.15) is 0 Å². The Hall–Kier alpha value is -1.35. The second-order valence-corrected chi connectivity index (χ2v) is 5.11. The summed E-state index contributed by atoms with van der Waals surface area (Å²) in [7, 11) is 0. The Morgan fingerprint density at radius 3 is 2.72 bits per heavy atom. The van der Waals surface area contributed by atoms with E-state index in [0.29, 0.717) is 12.3 Å². The number of rotatable bonds is 4. The van der Waals surface area contributed by atoms with E-state index in [9.17, 15) is 4.79 Å². The number of nitrogens with zero attached hydrogens (tertiary/aromatic N) is 1. The van der Waals surface area contributed by atoms with Crippen LogP contribution in [0.25, 0.3) is 0 Å². The minimum atomic E-state index is 0.172. The van der Waals surface area contributed by atoms with Crippen LogP contribution >= 0.6 is 0 Å². The summed E-state index contributed by atoms with van der Waals surface area (Å²) >= 11 is 0. The maximum Gasteiger partial charge on any atom is 0.223 e. The highest BCUT2D eigenvalue weighted by molar-refractivity contribution is 5.77. The Kier molecular flexibility index (Phi) is 4.37. The van der Waals surface area contributed by atoms with E-state index in [1.807, 2.05) is 23.1 Å². The third-order valence-corrected chi connectivity index (χ3v) is 3.76. The largest absolute Gasteiger partial charge is 0.341 e. The van der Waals surface area contributed by atoms with Crippen LogP contribution in [0, 0.1) is 0 Å². The molecule has 2 rings (SSSR count). The quantitative estimate of drug-likeness (QED) is 0.884. The van der Waals surface area contributed by atoms with Crippen LogP contribution in [0.3, 0.4) is 0 Å². The van der Waals surface area contributed by atoms with Crippen molar-refractivity contribution in [1.82, 2.24) is 4.90 Å². The van der Waals surface area contributed by atoms with Gasteiger partial charge in [0.2, 0.25) is 5.91 Å². The number of hydrogen-bond acceptors (Lipinski definition) is 2. The van der Waals surface area contributed by atoms with Gasteiger partial charge in [-0.1, -0.05) is 37.3 Å². The Bertz CT molecular complexity index is 391. The summed E-state index contributed by atoms with van der Waals surface area (Å²) in [6.45, 7) is 3.69. The molecule has 0 bridgehead atoms. The van der Waals surface area contributed by atoms with E-state index in [1.54, 1.807) is 0 Å². The summed E-state index contributed by atoms with van der Waals surface area (Å²) in [4.78, 5) is 14.1. The number of benzene rings is 1. The van der Waals surface area contributed by atoms with Gasteiger partial charge in [-0.15, -0.1) is 0 Å². The van der Waals surface area contributed by atoms with E-state index in [-0.39, 0.29) is 11.9 Å². The molecule has 0 saturated carbocycles. The summed E-state index contributed by atoms with van der Waals surface area (Å²) in [5.74, 6) is 0.578. The maximum absolute atomic E-state index is 12.2. The first kappa shape index (κ1) is 13.1. The van der Waals surface area contributed by atoms with Crippen LogP contribution in [0.15, 0.2) is 30.3 Å². The van der Waals surface area contributed by atoms with Crippen LogP contribution in [-0.4, -0.2) is 29.9 Å². The van der Waals surface area contributed by atoms with Crippen molar-refractivity contribution < 1.29 is 4.79 Å². The zero-order chi connectivity index (χ0) is 13.0. The third-order valence-electron chi connectivity index (χ3n) is 3.76. The molecular weight excluding hydrogens is 224 g/mol. The molecule has 1 fully saturated rings. The fraction of sp³-hybridized carbons (Fsp3) is 0.533. The van der Waals surface area contributed by atoms with Crippen LogP contribution in [0.5, 0.6) is 0 Å². The predicted molar refractivity (Wildman–Crippen MR) is 73.3 cm³/mol. The summed E-state index contributed by atoms with van der Waals surface area (Å²) < 4.78 is 0. The molecule has 0 radical (unpaired) electrons. The number of carbonyl (C=O) groups excluding carboxylic acids is 1. The molecule has 1 aliphatic heterocycles. The second kappa shape index (κ2) is 6.01. The molecule has 18 heavy (non-hydrogen) atoms. The maximum atomic E-state index is 12.2. The van der Waals surface area contributed by atoms with E-state index < -0.39 is 0 Å². The fourth-order valence-electron chi connectivity index (χ4n) is 2.58. The number of hydrogen-bond donors (Lipinski definition) is 1. The highest BCUT2D eigenvalue weighted by Crippen LogP contribution is 2.24. The molecule has 2 atom stereocenters. The van der Waals surface area contributed by atoms with Crippen molar-refractivity contribution in [1.29, 1.82) is 0 Å². The number of likely N-dealkylation sites (tertiary alicyclic amines) is 1. The fourth-order valence-corrected chi connectivity index (χ4v) is 2.58. The lowest BCUT2D eigenvalue weighted by atomic mass is 9.93. The molecule has 98 valence electrons. The van der Waals surface area contributed by atoms with Crippen LogP contribution in [0.1, 0.15) is 37.7 Å². The molecule has 1 unspecified atom stereocenters. The van der Waals surface area contributed by atoms with Gasteiger partial charge in [-0.3, -0.25) is 4.79 Å². The lowest BCUT2D eigenvalue weighted by Crippen LogP contribution is -2.32. The zero-order valence-corrected chi connectivity index (χ0v) is 11.0. The minimum Gasteiger partial charge on any atom is -0.341 e. The molecule has 0 aliphatic carbocycles. The Balaban J connectivity index is 1.96. The van der Waals surface area contributed by atoms with Gasteiger partial charge in [0.15, 0.2) is 0 Å². The Morgan fingerprint density at radius 2 is 2.17 bits per heavy atom. The van der Waals surface area contributed by atoms with Crippen molar-refractivity contribution >= 4 is 5.91 Å². The smallest absolute Gasteiger partial charge is 0.223 e. The average Bonchev–Trinajstić information content (AvgIpc) is 2.83. The lowest BCUT2D eigenvalue weighted by Gasteiger charge is -2.20. The Morgan fingerprint density at radius 1 is 1.44 bits per heavy atom. The molecule has 2 N–H and O–H groups in total. The SMILES string of the molecule is CCC(CC(=O)N1CC[C@@H](N)C1)c1ccccc1. The predicted octanol–water partition coefficient (Wildman–Crippen LogP) is 2.13. The van der Waals surface area contributed by atoms with Crippen molar-refractivity contribution in [3.05, 3.63) is 35.9 Å². The van der Waals surface area contributed by atoms with E-state index in [0.717, 1.165) is 25.9 Å². The molecule has 1 amide bonds. The number of amides is 1. The van der Waals surface area contributed by atoms with Gasteiger partial charge in [-0.05, 0) is 24.3 Å². The first-order valence-corrected chi connectivity index (χ1v) is 6.79. The molecule has 1 aromatic rings. The number of nitrogens with two attached hydrogens (primary N) is 1. The highest BCUT2D eigenvalue weighted by atomic mass is 16.2. The van der Waals surface area contributed by atoms with Gasteiger partial charge in [0, 0.05) is 25.6 Å². The standard InChI is InChI=1S/C15H22N2O/c1-2-12(13-6-4-3-5-7-13)10-15(18)17-9-8-14(16)11-17/h3-7,12,14H,2,8-11,16H2,1H3/t12?,14-/m1/s1. The van der Waals surface area contributed by atoms with E-state index in [1.165, 1.54) is 5.56 Å². The highest BCUT2D eigenvalue weighted by Gasteiger charge is 2.25. The van der Waals surface area contributed by atoms with Gasteiger partial charge in [-0.25, -0.2) is 0 Å². The van der Waals surface area contributed by atoms with Crippen LogP contribution in [-0.2, 0) is 4.79 Å². The van der Waals surface area contributed by atoms with E-state index in [2.05, 4.69) is 19.1 Å².